The fraction of sp³-hybridized carbons (Fsp3) is 0.421. The number of halogens is 3. The molecule has 162 valence electrons. The first-order valence-electron chi connectivity index (χ1n) is 9.12. The van der Waals surface area contributed by atoms with E-state index in [-0.39, 0.29) is 29.9 Å². The third kappa shape index (κ3) is 5.02. The summed E-state index contributed by atoms with van der Waals surface area (Å²) < 4.78 is 48.6. The summed E-state index contributed by atoms with van der Waals surface area (Å²) in [7, 11) is 1.54. The maximum Gasteiger partial charge on any atom is 0.434 e. The number of carbonyl (C=O) groups excluding carboxylic acids is 2. The van der Waals surface area contributed by atoms with Gasteiger partial charge in [0.25, 0.3) is 0 Å². The van der Waals surface area contributed by atoms with Gasteiger partial charge in [-0.25, -0.2) is 4.98 Å². The zero-order valence-corrected chi connectivity index (χ0v) is 17.1. The summed E-state index contributed by atoms with van der Waals surface area (Å²) in [4.78, 5) is 29.3. The van der Waals surface area contributed by atoms with E-state index in [9.17, 15) is 22.8 Å². The molecule has 0 radical (unpaired) electrons. The number of amides is 2. The van der Waals surface area contributed by atoms with Crippen LogP contribution in [0.5, 0.6) is 11.5 Å². The zero-order chi connectivity index (χ0) is 21.9. The SMILES string of the molecule is CCOc1cc([C@@H]2CC(=O)N(CC(=O)Nc3nc(C(F)(F)F)cs3)C2)ccc1OC. The molecule has 1 aromatic carbocycles. The molecule has 1 fully saturated rings. The Morgan fingerprint density at radius 3 is 2.77 bits per heavy atom. The van der Waals surface area contributed by atoms with Crippen molar-refractivity contribution in [2.75, 3.05) is 32.1 Å². The number of anilines is 1. The molecule has 1 atom stereocenters. The van der Waals surface area contributed by atoms with Gasteiger partial charge in [0.2, 0.25) is 11.8 Å². The van der Waals surface area contributed by atoms with Crippen molar-refractivity contribution in [1.82, 2.24) is 9.88 Å². The van der Waals surface area contributed by atoms with Crippen molar-refractivity contribution in [3.63, 3.8) is 0 Å². The summed E-state index contributed by atoms with van der Waals surface area (Å²) in [5.41, 5.74) is -0.185. The van der Waals surface area contributed by atoms with Crippen molar-refractivity contribution >= 4 is 28.3 Å². The smallest absolute Gasteiger partial charge is 0.434 e. The second-order valence-electron chi connectivity index (χ2n) is 6.60. The number of benzene rings is 1. The van der Waals surface area contributed by atoms with Gasteiger partial charge in [-0.2, -0.15) is 13.2 Å². The van der Waals surface area contributed by atoms with E-state index < -0.39 is 17.8 Å². The molecule has 1 N–H and O–H groups in total. The summed E-state index contributed by atoms with van der Waals surface area (Å²) in [5, 5.41) is 2.98. The van der Waals surface area contributed by atoms with Crippen molar-refractivity contribution in [2.45, 2.75) is 25.4 Å². The number of methoxy groups -OCH3 is 1. The van der Waals surface area contributed by atoms with E-state index >= 15 is 0 Å². The Labute approximate surface area is 174 Å². The number of thiazole rings is 1. The molecule has 1 aromatic heterocycles. The largest absolute Gasteiger partial charge is 0.493 e. The van der Waals surface area contributed by atoms with Gasteiger partial charge in [0, 0.05) is 24.3 Å². The second-order valence-corrected chi connectivity index (χ2v) is 7.46. The maximum absolute atomic E-state index is 12.6. The Bertz CT molecular complexity index is 932. The lowest BCUT2D eigenvalue weighted by Crippen LogP contribution is -2.34. The Hall–Kier alpha value is -2.82. The highest BCUT2D eigenvalue weighted by molar-refractivity contribution is 7.13. The molecular formula is C19H20F3N3O4S. The van der Waals surface area contributed by atoms with Gasteiger partial charge in [0.15, 0.2) is 22.3 Å². The van der Waals surface area contributed by atoms with Crippen LogP contribution in [0.4, 0.5) is 18.3 Å². The first-order chi connectivity index (χ1) is 14.2. The van der Waals surface area contributed by atoms with Crippen LogP contribution in [0.15, 0.2) is 23.6 Å². The molecule has 0 aliphatic carbocycles. The monoisotopic (exact) mass is 443 g/mol. The van der Waals surface area contributed by atoms with Crippen LogP contribution in [-0.4, -0.2) is 48.5 Å². The molecular weight excluding hydrogens is 423 g/mol. The highest BCUT2D eigenvalue weighted by Crippen LogP contribution is 2.35. The van der Waals surface area contributed by atoms with Crippen molar-refractivity contribution in [3.8, 4) is 11.5 Å². The van der Waals surface area contributed by atoms with Crippen molar-refractivity contribution in [2.24, 2.45) is 0 Å². The lowest BCUT2D eigenvalue weighted by molar-refractivity contribution is -0.140. The van der Waals surface area contributed by atoms with E-state index in [1.54, 1.807) is 6.07 Å². The van der Waals surface area contributed by atoms with E-state index in [1.165, 1.54) is 12.0 Å². The average Bonchev–Trinajstić information content (AvgIpc) is 3.29. The minimum absolute atomic E-state index is 0.132. The minimum atomic E-state index is -4.57. The van der Waals surface area contributed by atoms with Crippen LogP contribution in [0.3, 0.4) is 0 Å². The number of carbonyl (C=O) groups is 2. The number of ether oxygens (including phenoxy) is 2. The van der Waals surface area contributed by atoms with Crippen molar-refractivity contribution < 1.29 is 32.2 Å². The number of nitrogens with zero attached hydrogens (tertiary/aromatic N) is 2. The molecule has 1 aliphatic rings. The average molecular weight is 443 g/mol. The van der Waals surface area contributed by atoms with E-state index in [1.807, 2.05) is 19.1 Å². The second kappa shape index (κ2) is 8.90. The van der Waals surface area contributed by atoms with Crippen LogP contribution >= 0.6 is 11.3 Å². The van der Waals surface area contributed by atoms with Gasteiger partial charge in [-0.05, 0) is 24.6 Å². The summed E-state index contributed by atoms with van der Waals surface area (Å²) in [6.45, 7) is 2.37. The van der Waals surface area contributed by atoms with E-state index in [2.05, 4.69) is 10.3 Å². The molecule has 0 saturated carbocycles. The first kappa shape index (κ1) is 21.9. The molecule has 2 aromatic rings. The molecule has 0 bridgehead atoms. The molecule has 0 spiro atoms. The van der Waals surface area contributed by atoms with Crippen molar-refractivity contribution in [3.05, 3.63) is 34.8 Å². The lowest BCUT2D eigenvalue weighted by Gasteiger charge is -2.17. The molecule has 1 saturated heterocycles. The molecule has 3 rings (SSSR count). The van der Waals surface area contributed by atoms with Gasteiger partial charge in [-0.1, -0.05) is 6.07 Å². The number of hydrogen-bond donors (Lipinski definition) is 1. The molecule has 2 amide bonds. The zero-order valence-electron chi connectivity index (χ0n) is 16.3. The molecule has 2 heterocycles. The van der Waals surface area contributed by atoms with Crippen LogP contribution in [0.1, 0.15) is 30.5 Å². The minimum Gasteiger partial charge on any atom is -0.493 e. The predicted molar refractivity (Wildman–Crippen MR) is 104 cm³/mol. The van der Waals surface area contributed by atoms with Gasteiger partial charge in [0.05, 0.1) is 20.3 Å². The molecule has 1 aliphatic heterocycles. The summed E-state index contributed by atoms with van der Waals surface area (Å²) in [5.74, 6) is 0.219. The van der Waals surface area contributed by atoms with Gasteiger partial charge >= 0.3 is 6.18 Å². The number of rotatable bonds is 7. The highest BCUT2D eigenvalue weighted by atomic mass is 32.1. The Morgan fingerprint density at radius 1 is 1.37 bits per heavy atom. The number of alkyl halides is 3. The van der Waals surface area contributed by atoms with Crippen LogP contribution in [-0.2, 0) is 15.8 Å². The normalized spacial score (nSPS) is 16.6. The van der Waals surface area contributed by atoms with Crippen LogP contribution in [0.2, 0.25) is 0 Å². The highest BCUT2D eigenvalue weighted by Gasteiger charge is 2.35. The van der Waals surface area contributed by atoms with Crippen LogP contribution < -0.4 is 14.8 Å². The summed E-state index contributed by atoms with van der Waals surface area (Å²) >= 11 is 0.678. The van der Waals surface area contributed by atoms with Crippen LogP contribution in [0, 0.1) is 0 Å². The lowest BCUT2D eigenvalue weighted by atomic mass is 9.98. The van der Waals surface area contributed by atoms with E-state index in [0.717, 1.165) is 10.9 Å². The molecule has 0 unspecified atom stereocenters. The van der Waals surface area contributed by atoms with Crippen LogP contribution in [0.25, 0.3) is 0 Å². The third-order valence-electron chi connectivity index (χ3n) is 4.55. The number of aromatic nitrogens is 1. The number of nitrogens with one attached hydrogen (secondary N) is 1. The first-order valence-corrected chi connectivity index (χ1v) is 10.00. The summed E-state index contributed by atoms with van der Waals surface area (Å²) in [6.07, 6.45) is -4.35. The fourth-order valence-corrected chi connectivity index (χ4v) is 3.89. The Kier molecular flexibility index (Phi) is 6.49. The maximum atomic E-state index is 12.6. The van der Waals surface area contributed by atoms with Crippen molar-refractivity contribution in [1.29, 1.82) is 0 Å². The quantitative estimate of drug-likeness (QED) is 0.708. The van der Waals surface area contributed by atoms with E-state index in [4.69, 9.17) is 9.47 Å². The standard InChI is InChI=1S/C19H20F3N3O4S/c1-3-29-14-6-11(4-5-13(14)28-2)12-7-17(27)25(8-12)9-16(26)24-18-23-15(10-30-18)19(20,21)22/h4-6,10,12H,3,7-9H2,1-2H3,(H,23,24,26)/t12-/m1/s1. The van der Waals surface area contributed by atoms with Gasteiger partial charge < -0.3 is 19.7 Å². The number of likely N-dealkylation sites (tertiary alicyclic amines) is 1. The molecule has 7 nitrogen and oxygen atoms in total. The Balaban J connectivity index is 1.62. The number of hydrogen-bond acceptors (Lipinski definition) is 6. The third-order valence-corrected chi connectivity index (χ3v) is 5.31. The van der Waals surface area contributed by atoms with Gasteiger partial charge in [-0.3, -0.25) is 9.59 Å². The Morgan fingerprint density at radius 2 is 2.13 bits per heavy atom. The molecule has 11 heteroatoms. The molecule has 30 heavy (non-hydrogen) atoms. The van der Waals surface area contributed by atoms with Gasteiger partial charge in [0.1, 0.15) is 0 Å². The fourth-order valence-electron chi connectivity index (χ4n) is 3.16. The summed E-state index contributed by atoms with van der Waals surface area (Å²) in [6, 6.07) is 5.43. The van der Waals surface area contributed by atoms with Gasteiger partial charge in [-0.15, -0.1) is 11.3 Å². The predicted octanol–water partition coefficient (Wildman–Crippen LogP) is 3.52. The van der Waals surface area contributed by atoms with E-state index in [0.29, 0.717) is 36.0 Å². The topological polar surface area (TPSA) is 80.8 Å².